The number of hydrogen-bond donors (Lipinski definition) is 1. The SMILES string of the molecule is O=C(C[C@@H]1CC2(CCN(CC3CC3)CC2)c2ccccc21)NC1CCC1. The summed E-state index contributed by atoms with van der Waals surface area (Å²) in [7, 11) is 0. The minimum atomic E-state index is 0.276. The van der Waals surface area contributed by atoms with Crippen molar-refractivity contribution in [2.75, 3.05) is 19.6 Å². The van der Waals surface area contributed by atoms with Gasteiger partial charge in [-0.2, -0.15) is 0 Å². The van der Waals surface area contributed by atoms with Crippen LogP contribution >= 0.6 is 0 Å². The Balaban J connectivity index is 1.28. The van der Waals surface area contributed by atoms with Gasteiger partial charge < -0.3 is 10.2 Å². The lowest BCUT2D eigenvalue weighted by molar-refractivity contribution is -0.122. The molecule has 1 heterocycles. The summed E-state index contributed by atoms with van der Waals surface area (Å²) in [4.78, 5) is 15.2. The molecule has 0 unspecified atom stereocenters. The summed E-state index contributed by atoms with van der Waals surface area (Å²) in [5.74, 6) is 1.68. The number of carbonyl (C=O) groups is 1. The first-order valence-corrected chi connectivity index (χ1v) is 10.8. The Labute approximate surface area is 157 Å². The molecule has 3 nitrogen and oxygen atoms in total. The van der Waals surface area contributed by atoms with Crippen molar-refractivity contribution in [1.29, 1.82) is 0 Å². The van der Waals surface area contributed by atoms with Crippen molar-refractivity contribution < 1.29 is 4.79 Å². The number of amides is 1. The number of nitrogens with one attached hydrogen (secondary N) is 1. The molecule has 1 atom stereocenters. The number of likely N-dealkylation sites (tertiary alicyclic amines) is 1. The van der Waals surface area contributed by atoms with E-state index >= 15 is 0 Å². The van der Waals surface area contributed by atoms with Crippen molar-refractivity contribution in [2.24, 2.45) is 5.92 Å². The van der Waals surface area contributed by atoms with E-state index < -0.39 is 0 Å². The van der Waals surface area contributed by atoms with Crippen LogP contribution in [-0.4, -0.2) is 36.5 Å². The average Bonchev–Trinajstić information content (AvgIpc) is 3.39. The first kappa shape index (κ1) is 16.8. The molecule has 1 aliphatic heterocycles. The fourth-order valence-electron chi connectivity index (χ4n) is 5.58. The number of nitrogens with zero attached hydrogens (tertiary/aromatic N) is 1. The van der Waals surface area contributed by atoms with Crippen molar-refractivity contribution in [3.8, 4) is 0 Å². The van der Waals surface area contributed by atoms with Crippen LogP contribution in [0.2, 0.25) is 0 Å². The third-order valence-electron chi connectivity index (χ3n) is 7.54. The minimum Gasteiger partial charge on any atom is -0.353 e. The molecule has 3 fully saturated rings. The quantitative estimate of drug-likeness (QED) is 0.869. The summed E-state index contributed by atoms with van der Waals surface area (Å²) >= 11 is 0. The highest BCUT2D eigenvalue weighted by molar-refractivity contribution is 5.77. The lowest BCUT2D eigenvalue weighted by atomic mass is 9.73. The average molecular weight is 353 g/mol. The third kappa shape index (κ3) is 3.19. The number of fused-ring (bicyclic) bond motifs is 2. The summed E-state index contributed by atoms with van der Waals surface area (Å²) < 4.78 is 0. The van der Waals surface area contributed by atoms with Crippen LogP contribution in [0.3, 0.4) is 0 Å². The maximum absolute atomic E-state index is 12.5. The molecule has 26 heavy (non-hydrogen) atoms. The zero-order valence-corrected chi connectivity index (χ0v) is 15.9. The van der Waals surface area contributed by atoms with Crippen molar-refractivity contribution in [2.45, 2.75) is 75.2 Å². The van der Waals surface area contributed by atoms with Gasteiger partial charge in [-0.1, -0.05) is 24.3 Å². The number of piperidine rings is 1. The van der Waals surface area contributed by atoms with E-state index in [1.165, 1.54) is 76.6 Å². The second kappa shape index (κ2) is 6.67. The molecule has 5 rings (SSSR count). The molecule has 1 N–H and O–H groups in total. The summed E-state index contributed by atoms with van der Waals surface area (Å²) in [6, 6.07) is 9.47. The lowest BCUT2D eigenvalue weighted by Crippen LogP contribution is -2.42. The summed E-state index contributed by atoms with van der Waals surface area (Å²) in [6.45, 7) is 3.81. The summed E-state index contributed by atoms with van der Waals surface area (Å²) in [5.41, 5.74) is 3.36. The monoisotopic (exact) mass is 352 g/mol. The van der Waals surface area contributed by atoms with E-state index in [9.17, 15) is 4.79 Å². The number of hydrogen-bond acceptors (Lipinski definition) is 2. The fraction of sp³-hybridized carbons (Fsp3) is 0.696. The first-order chi connectivity index (χ1) is 12.7. The van der Waals surface area contributed by atoms with E-state index in [1.54, 1.807) is 5.56 Å². The molecule has 1 amide bonds. The molecule has 0 radical (unpaired) electrons. The van der Waals surface area contributed by atoms with Crippen molar-refractivity contribution in [1.82, 2.24) is 10.2 Å². The molecule has 3 heteroatoms. The Bertz CT molecular complexity index is 669. The third-order valence-corrected chi connectivity index (χ3v) is 7.54. The van der Waals surface area contributed by atoms with Crippen LogP contribution in [0.25, 0.3) is 0 Å². The molecule has 1 aromatic rings. The Morgan fingerprint density at radius 3 is 2.58 bits per heavy atom. The zero-order chi connectivity index (χ0) is 17.6. The number of rotatable bonds is 5. The summed E-state index contributed by atoms with van der Waals surface area (Å²) in [5, 5.41) is 3.25. The number of carbonyl (C=O) groups excluding carboxylic acids is 1. The van der Waals surface area contributed by atoms with Crippen LogP contribution in [-0.2, 0) is 10.2 Å². The molecule has 140 valence electrons. The first-order valence-electron chi connectivity index (χ1n) is 10.8. The summed E-state index contributed by atoms with van der Waals surface area (Å²) in [6.07, 6.45) is 10.9. The van der Waals surface area contributed by atoms with Gasteiger partial charge in [0.15, 0.2) is 0 Å². The lowest BCUT2D eigenvalue weighted by Gasteiger charge is -2.40. The van der Waals surface area contributed by atoms with Gasteiger partial charge in [-0.05, 0) is 92.8 Å². The van der Waals surface area contributed by atoms with E-state index in [-0.39, 0.29) is 5.91 Å². The maximum Gasteiger partial charge on any atom is 0.220 e. The highest BCUT2D eigenvalue weighted by atomic mass is 16.1. The van der Waals surface area contributed by atoms with Crippen LogP contribution in [0.4, 0.5) is 0 Å². The van der Waals surface area contributed by atoms with Crippen LogP contribution in [0.5, 0.6) is 0 Å². The Hall–Kier alpha value is -1.35. The molecule has 3 aliphatic carbocycles. The largest absolute Gasteiger partial charge is 0.353 e. The van der Waals surface area contributed by atoms with Crippen molar-refractivity contribution >= 4 is 5.91 Å². The Kier molecular flexibility index (Phi) is 4.31. The maximum atomic E-state index is 12.5. The van der Waals surface area contributed by atoms with Gasteiger partial charge in [-0.25, -0.2) is 0 Å². The fourth-order valence-corrected chi connectivity index (χ4v) is 5.58. The Morgan fingerprint density at radius 2 is 1.88 bits per heavy atom. The van der Waals surface area contributed by atoms with Gasteiger partial charge in [0.2, 0.25) is 5.91 Å². The van der Waals surface area contributed by atoms with Crippen LogP contribution in [0.1, 0.15) is 74.8 Å². The molecular formula is C23H32N2O. The second-order valence-electron chi connectivity index (χ2n) is 9.41. The second-order valence-corrected chi connectivity index (χ2v) is 9.41. The standard InChI is InChI=1S/C23H32N2O/c26-22(24-19-4-3-5-19)14-18-15-23(21-7-2-1-6-20(18)21)10-12-25(13-11-23)16-17-8-9-17/h1-2,6-7,17-19H,3-5,8-16H2,(H,24,26)/t18-/m1/s1. The number of benzene rings is 1. The van der Waals surface area contributed by atoms with Gasteiger partial charge in [0.05, 0.1) is 0 Å². The van der Waals surface area contributed by atoms with Gasteiger partial charge in [0.1, 0.15) is 0 Å². The molecule has 4 aliphatic rings. The van der Waals surface area contributed by atoms with E-state index in [0.29, 0.717) is 23.8 Å². The van der Waals surface area contributed by atoms with E-state index in [1.807, 2.05) is 0 Å². The van der Waals surface area contributed by atoms with Crippen molar-refractivity contribution in [3.05, 3.63) is 35.4 Å². The van der Waals surface area contributed by atoms with Crippen LogP contribution in [0.15, 0.2) is 24.3 Å². The Morgan fingerprint density at radius 1 is 1.12 bits per heavy atom. The van der Waals surface area contributed by atoms with Gasteiger partial charge in [0.25, 0.3) is 0 Å². The molecule has 1 saturated heterocycles. The zero-order valence-electron chi connectivity index (χ0n) is 15.9. The predicted molar refractivity (Wildman–Crippen MR) is 104 cm³/mol. The minimum absolute atomic E-state index is 0.276. The van der Waals surface area contributed by atoms with Gasteiger partial charge in [0, 0.05) is 19.0 Å². The van der Waals surface area contributed by atoms with Gasteiger partial charge in [-0.3, -0.25) is 4.79 Å². The topological polar surface area (TPSA) is 32.3 Å². The molecule has 1 aromatic carbocycles. The van der Waals surface area contributed by atoms with Crippen molar-refractivity contribution in [3.63, 3.8) is 0 Å². The molecule has 1 spiro atoms. The van der Waals surface area contributed by atoms with Gasteiger partial charge >= 0.3 is 0 Å². The normalized spacial score (nSPS) is 27.9. The molecular weight excluding hydrogens is 320 g/mol. The molecule has 0 aromatic heterocycles. The predicted octanol–water partition coefficient (Wildman–Crippen LogP) is 3.98. The highest BCUT2D eigenvalue weighted by Crippen LogP contribution is 2.52. The van der Waals surface area contributed by atoms with Crippen LogP contribution < -0.4 is 5.32 Å². The van der Waals surface area contributed by atoms with E-state index in [4.69, 9.17) is 0 Å². The van der Waals surface area contributed by atoms with Gasteiger partial charge in [-0.15, -0.1) is 0 Å². The van der Waals surface area contributed by atoms with Crippen LogP contribution in [0, 0.1) is 5.92 Å². The van der Waals surface area contributed by atoms with E-state index in [2.05, 4.69) is 34.5 Å². The molecule has 0 bridgehead atoms. The molecule has 2 saturated carbocycles. The smallest absolute Gasteiger partial charge is 0.220 e. The highest BCUT2D eigenvalue weighted by Gasteiger charge is 2.46. The van der Waals surface area contributed by atoms with E-state index in [0.717, 1.165) is 5.92 Å².